The molecule has 0 saturated carbocycles. The molecule has 1 aromatic carbocycles. The van der Waals surface area contributed by atoms with Crippen LogP contribution in [0.1, 0.15) is 5.56 Å². The number of hydrogen-bond donors (Lipinski definition) is 2. The van der Waals surface area contributed by atoms with Crippen molar-refractivity contribution in [3.8, 4) is 0 Å². The molecular formula is C11H12O4. The van der Waals surface area contributed by atoms with Crippen molar-refractivity contribution in [1.29, 1.82) is 0 Å². The monoisotopic (exact) mass is 208 g/mol. The van der Waals surface area contributed by atoms with E-state index in [1.807, 2.05) is 0 Å². The van der Waals surface area contributed by atoms with E-state index in [4.69, 9.17) is 9.84 Å². The molecule has 2 N–H and O–H groups in total. The lowest BCUT2D eigenvalue weighted by Gasteiger charge is -2.23. The van der Waals surface area contributed by atoms with Gasteiger partial charge in [-0.1, -0.05) is 36.4 Å². The van der Waals surface area contributed by atoms with Crippen LogP contribution in [0, 0.1) is 0 Å². The second-order valence-electron chi connectivity index (χ2n) is 2.91. The topological polar surface area (TPSA) is 66.8 Å². The first-order valence-corrected chi connectivity index (χ1v) is 4.37. The first-order valence-electron chi connectivity index (χ1n) is 4.37. The van der Waals surface area contributed by atoms with E-state index < -0.39 is 11.8 Å². The standard InChI is InChI=1S/C11H12O4/c1-2-8-15-11(14,10(12)13)9-6-4-3-5-7-9/h2-7,14H,1,8H2,(H,12,13). The molecule has 0 heterocycles. The molecule has 1 unspecified atom stereocenters. The third-order valence-corrected chi connectivity index (χ3v) is 1.87. The van der Waals surface area contributed by atoms with Crippen molar-refractivity contribution >= 4 is 5.97 Å². The molecule has 0 aliphatic rings. The number of aliphatic hydroxyl groups is 1. The molecule has 0 saturated heterocycles. The van der Waals surface area contributed by atoms with Crippen molar-refractivity contribution in [3.05, 3.63) is 48.6 Å². The predicted octanol–water partition coefficient (Wildman–Crippen LogP) is 1.12. The molecule has 80 valence electrons. The average Bonchev–Trinajstić information content (AvgIpc) is 2.27. The maximum absolute atomic E-state index is 10.9. The normalized spacial score (nSPS) is 14.2. The van der Waals surface area contributed by atoms with Crippen LogP contribution in [-0.4, -0.2) is 22.8 Å². The van der Waals surface area contributed by atoms with Crippen molar-refractivity contribution in [2.24, 2.45) is 0 Å². The largest absolute Gasteiger partial charge is 0.477 e. The Hall–Kier alpha value is -1.65. The van der Waals surface area contributed by atoms with Crippen LogP contribution in [0.3, 0.4) is 0 Å². The van der Waals surface area contributed by atoms with E-state index >= 15 is 0 Å². The van der Waals surface area contributed by atoms with E-state index in [2.05, 4.69) is 6.58 Å². The molecule has 4 nitrogen and oxygen atoms in total. The van der Waals surface area contributed by atoms with Crippen molar-refractivity contribution in [1.82, 2.24) is 0 Å². The molecule has 1 rings (SSSR count). The summed E-state index contributed by atoms with van der Waals surface area (Å²) >= 11 is 0. The third kappa shape index (κ3) is 2.43. The van der Waals surface area contributed by atoms with Crippen molar-refractivity contribution < 1.29 is 19.7 Å². The number of carbonyl (C=O) groups is 1. The van der Waals surface area contributed by atoms with Gasteiger partial charge in [-0.05, 0) is 0 Å². The van der Waals surface area contributed by atoms with Gasteiger partial charge < -0.3 is 14.9 Å². The molecule has 0 radical (unpaired) electrons. The Morgan fingerprint density at radius 3 is 2.53 bits per heavy atom. The maximum Gasteiger partial charge on any atom is 0.369 e. The summed E-state index contributed by atoms with van der Waals surface area (Å²) in [5, 5.41) is 18.7. The van der Waals surface area contributed by atoms with Gasteiger partial charge in [0.2, 0.25) is 0 Å². The van der Waals surface area contributed by atoms with Gasteiger partial charge in [0.05, 0.1) is 6.61 Å². The minimum atomic E-state index is -2.31. The zero-order valence-corrected chi connectivity index (χ0v) is 8.09. The minimum Gasteiger partial charge on any atom is -0.477 e. The summed E-state index contributed by atoms with van der Waals surface area (Å²) in [4.78, 5) is 10.9. The highest BCUT2D eigenvalue weighted by molar-refractivity contribution is 5.77. The van der Waals surface area contributed by atoms with Crippen LogP contribution in [-0.2, 0) is 15.3 Å². The first kappa shape index (κ1) is 11.4. The molecule has 0 aliphatic heterocycles. The Morgan fingerprint density at radius 2 is 2.07 bits per heavy atom. The van der Waals surface area contributed by atoms with Crippen LogP contribution in [0.2, 0.25) is 0 Å². The van der Waals surface area contributed by atoms with E-state index in [-0.39, 0.29) is 12.2 Å². The smallest absolute Gasteiger partial charge is 0.369 e. The maximum atomic E-state index is 10.9. The third-order valence-electron chi connectivity index (χ3n) is 1.87. The van der Waals surface area contributed by atoms with Crippen LogP contribution in [0.15, 0.2) is 43.0 Å². The quantitative estimate of drug-likeness (QED) is 0.562. The first-order chi connectivity index (χ1) is 7.11. The van der Waals surface area contributed by atoms with E-state index in [1.165, 1.54) is 18.2 Å². The minimum absolute atomic E-state index is 0.0440. The summed E-state index contributed by atoms with van der Waals surface area (Å²) in [6.07, 6.45) is 1.37. The lowest BCUT2D eigenvalue weighted by Crippen LogP contribution is -2.38. The van der Waals surface area contributed by atoms with Gasteiger partial charge in [0, 0.05) is 5.56 Å². The van der Waals surface area contributed by atoms with Gasteiger partial charge in [-0.2, -0.15) is 0 Å². The van der Waals surface area contributed by atoms with Gasteiger partial charge in [-0.15, -0.1) is 6.58 Å². The number of carboxylic acids is 1. The zero-order valence-electron chi connectivity index (χ0n) is 8.09. The summed E-state index contributed by atoms with van der Waals surface area (Å²) in [7, 11) is 0. The Labute approximate surface area is 87.4 Å². The number of ether oxygens (including phenoxy) is 1. The summed E-state index contributed by atoms with van der Waals surface area (Å²) < 4.78 is 4.86. The lowest BCUT2D eigenvalue weighted by atomic mass is 10.1. The van der Waals surface area contributed by atoms with Crippen LogP contribution in [0.5, 0.6) is 0 Å². The Morgan fingerprint density at radius 1 is 1.47 bits per heavy atom. The van der Waals surface area contributed by atoms with Crippen molar-refractivity contribution in [2.45, 2.75) is 5.79 Å². The van der Waals surface area contributed by atoms with Crippen LogP contribution in [0.4, 0.5) is 0 Å². The number of aliphatic carboxylic acids is 1. The van der Waals surface area contributed by atoms with Gasteiger partial charge in [0.1, 0.15) is 0 Å². The van der Waals surface area contributed by atoms with E-state index in [0.717, 1.165) is 0 Å². The summed E-state index contributed by atoms with van der Waals surface area (Å²) in [5.41, 5.74) is 0.180. The molecule has 0 aliphatic carbocycles. The second-order valence-corrected chi connectivity index (χ2v) is 2.91. The number of benzene rings is 1. The molecule has 0 spiro atoms. The van der Waals surface area contributed by atoms with Gasteiger partial charge in [-0.25, -0.2) is 4.79 Å². The molecule has 4 heteroatoms. The van der Waals surface area contributed by atoms with Crippen LogP contribution in [0.25, 0.3) is 0 Å². The number of rotatable bonds is 5. The molecule has 1 aromatic rings. The SMILES string of the molecule is C=CCOC(O)(C(=O)O)c1ccccc1. The Kier molecular flexibility index (Phi) is 3.60. The van der Waals surface area contributed by atoms with Gasteiger partial charge in [0.15, 0.2) is 0 Å². The Bertz CT molecular complexity index is 347. The Balaban J connectivity index is 3.01. The second kappa shape index (κ2) is 4.72. The molecule has 0 amide bonds. The lowest BCUT2D eigenvalue weighted by molar-refractivity contribution is -0.225. The molecule has 0 bridgehead atoms. The fourth-order valence-corrected chi connectivity index (χ4v) is 1.11. The summed E-state index contributed by atoms with van der Waals surface area (Å²) in [6, 6.07) is 7.94. The zero-order chi connectivity index (χ0) is 11.3. The van der Waals surface area contributed by atoms with Crippen LogP contribution < -0.4 is 0 Å². The van der Waals surface area contributed by atoms with Gasteiger partial charge in [-0.3, -0.25) is 0 Å². The van der Waals surface area contributed by atoms with E-state index in [9.17, 15) is 9.90 Å². The predicted molar refractivity (Wildman–Crippen MR) is 54.1 cm³/mol. The molecule has 15 heavy (non-hydrogen) atoms. The highest BCUT2D eigenvalue weighted by Gasteiger charge is 2.39. The summed E-state index contributed by atoms with van der Waals surface area (Å²) in [6.45, 7) is 3.34. The summed E-state index contributed by atoms with van der Waals surface area (Å²) in [5.74, 6) is -3.76. The highest BCUT2D eigenvalue weighted by Crippen LogP contribution is 2.22. The van der Waals surface area contributed by atoms with Crippen molar-refractivity contribution in [2.75, 3.05) is 6.61 Å². The fraction of sp³-hybridized carbons (Fsp3) is 0.182. The van der Waals surface area contributed by atoms with Gasteiger partial charge >= 0.3 is 5.97 Å². The van der Waals surface area contributed by atoms with Gasteiger partial charge in [0.25, 0.3) is 5.79 Å². The molecule has 1 atom stereocenters. The number of carboxylic acid groups (broad SMARTS) is 1. The fourth-order valence-electron chi connectivity index (χ4n) is 1.11. The van der Waals surface area contributed by atoms with E-state index in [1.54, 1.807) is 18.2 Å². The molecule has 0 aromatic heterocycles. The van der Waals surface area contributed by atoms with E-state index in [0.29, 0.717) is 0 Å². The van der Waals surface area contributed by atoms with Crippen LogP contribution >= 0.6 is 0 Å². The molecule has 0 fully saturated rings. The number of hydrogen-bond acceptors (Lipinski definition) is 3. The highest BCUT2D eigenvalue weighted by atomic mass is 16.6. The average molecular weight is 208 g/mol. The van der Waals surface area contributed by atoms with Crippen molar-refractivity contribution in [3.63, 3.8) is 0 Å². The molecular weight excluding hydrogens is 196 g/mol.